The van der Waals surface area contributed by atoms with Crippen molar-refractivity contribution in [3.8, 4) is 5.75 Å². The second-order valence-electron chi connectivity index (χ2n) is 4.56. The van der Waals surface area contributed by atoms with Gasteiger partial charge in [0.15, 0.2) is 0 Å². The summed E-state index contributed by atoms with van der Waals surface area (Å²) in [6, 6.07) is 13.1. The molecule has 0 bridgehead atoms. The van der Waals surface area contributed by atoms with Gasteiger partial charge in [-0.25, -0.2) is 4.98 Å². The van der Waals surface area contributed by atoms with Gasteiger partial charge in [-0.3, -0.25) is 0 Å². The number of anilines is 1. The highest BCUT2D eigenvalue weighted by Gasteiger charge is 2.04. The lowest BCUT2D eigenvalue weighted by Gasteiger charge is -2.03. The van der Waals surface area contributed by atoms with Crippen LogP contribution in [-0.2, 0) is 6.54 Å². The minimum atomic E-state index is 0.268. The molecule has 1 heterocycles. The molecule has 0 fully saturated rings. The maximum Gasteiger partial charge on any atom is 0.126 e. The fourth-order valence-electron chi connectivity index (χ4n) is 2.08. The molecule has 0 aliphatic rings. The first-order valence-corrected chi connectivity index (χ1v) is 6.19. The predicted molar refractivity (Wildman–Crippen MR) is 76.3 cm³/mol. The molecule has 3 aromatic rings. The quantitative estimate of drug-likeness (QED) is 0.628. The third-order valence-corrected chi connectivity index (χ3v) is 3.09. The van der Waals surface area contributed by atoms with Gasteiger partial charge in [-0.15, -0.1) is 0 Å². The number of nitrogens with one attached hydrogen (secondary N) is 2. The SMILES string of the molecule is Cc1cccc2[nH]c(CNc3ccc(O)cc3)nc12. The zero-order valence-electron chi connectivity index (χ0n) is 10.6. The maximum absolute atomic E-state index is 9.22. The molecule has 0 amide bonds. The highest BCUT2D eigenvalue weighted by molar-refractivity contribution is 5.78. The van der Waals surface area contributed by atoms with E-state index < -0.39 is 0 Å². The summed E-state index contributed by atoms with van der Waals surface area (Å²) in [5, 5.41) is 12.5. The van der Waals surface area contributed by atoms with E-state index >= 15 is 0 Å². The van der Waals surface area contributed by atoms with E-state index in [9.17, 15) is 5.11 Å². The Kier molecular flexibility index (Phi) is 2.83. The van der Waals surface area contributed by atoms with Crippen LogP contribution in [0.4, 0.5) is 5.69 Å². The molecule has 0 aliphatic carbocycles. The fourth-order valence-corrected chi connectivity index (χ4v) is 2.08. The first kappa shape index (κ1) is 11.6. The molecule has 0 aliphatic heterocycles. The fraction of sp³-hybridized carbons (Fsp3) is 0.133. The molecule has 0 unspecified atom stereocenters. The van der Waals surface area contributed by atoms with Gasteiger partial charge in [-0.05, 0) is 42.8 Å². The third kappa shape index (κ3) is 2.38. The number of nitrogens with zero attached hydrogens (tertiary/aromatic N) is 1. The number of hydrogen-bond acceptors (Lipinski definition) is 3. The Balaban J connectivity index is 1.78. The summed E-state index contributed by atoms with van der Waals surface area (Å²) < 4.78 is 0. The van der Waals surface area contributed by atoms with Crippen LogP contribution < -0.4 is 5.32 Å². The molecule has 4 nitrogen and oxygen atoms in total. The van der Waals surface area contributed by atoms with Crippen molar-refractivity contribution in [1.29, 1.82) is 0 Å². The number of aromatic hydroxyl groups is 1. The molecule has 1 aromatic heterocycles. The van der Waals surface area contributed by atoms with Crippen molar-refractivity contribution in [1.82, 2.24) is 9.97 Å². The molecule has 0 radical (unpaired) electrons. The molecule has 0 spiro atoms. The number of fused-ring (bicyclic) bond motifs is 1. The Morgan fingerprint density at radius 3 is 2.68 bits per heavy atom. The van der Waals surface area contributed by atoms with E-state index in [2.05, 4.69) is 28.3 Å². The molecular formula is C15H15N3O. The van der Waals surface area contributed by atoms with Gasteiger partial charge in [0.2, 0.25) is 0 Å². The second kappa shape index (κ2) is 4.65. The summed E-state index contributed by atoms with van der Waals surface area (Å²) in [5.74, 6) is 1.17. The van der Waals surface area contributed by atoms with Crippen molar-refractivity contribution < 1.29 is 5.11 Å². The number of rotatable bonds is 3. The van der Waals surface area contributed by atoms with Crippen LogP contribution in [0.15, 0.2) is 42.5 Å². The Morgan fingerprint density at radius 1 is 1.16 bits per heavy atom. The molecule has 3 rings (SSSR count). The largest absolute Gasteiger partial charge is 0.508 e. The first-order valence-electron chi connectivity index (χ1n) is 6.19. The van der Waals surface area contributed by atoms with Crippen LogP contribution in [0.2, 0.25) is 0 Å². The summed E-state index contributed by atoms with van der Waals surface area (Å²) >= 11 is 0. The first-order chi connectivity index (χ1) is 9.22. The zero-order valence-corrected chi connectivity index (χ0v) is 10.6. The number of para-hydroxylation sites is 1. The van der Waals surface area contributed by atoms with Crippen LogP contribution in [0.1, 0.15) is 11.4 Å². The van der Waals surface area contributed by atoms with E-state index in [4.69, 9.17) is 0 Å². The standard InChI is InChI=1S/C15H15N3O/c1-10-3-2-4-13-15(10)18-14(17-13)9-16-11-5-7-12(19)8-6-11/h2-8,16,19H,9H2,1H3,(H,17,18). The minimum absolute atomic E-state index is 0.268. The highest BCUT2D eigenvalue weighted by atomic mass is 16.3. The number of imidazole rings is 1. The van der Waals surface area contributed by atoms with Gasteiger partial charge in [-0.1, -0.05) is 12.1 Å². The Bertz CT molecular complexity index is 701. The molecule has 19 heavy (non-hydrogen) atoms. The van der Waals surface area contributed by atoms with Gasteiger partial charge in [0.25, 0.3) is 0 Å². The van der Waals surface area contributed by atoms with Gasteiger partial charge in [0, 0.05) is 5.69 Å². The lowest BCUT2D eigenvalue weighted by molar-refractivity contribution is 0.475. The topological polar surface area (TPSA) is 60.9 Å². The maximum atomic E-state index is 9.22. The predicted octanol–water partition coefficient (Wildman–Crippen LogP) is 3.19. The minimum Gasteiger partial charge on any atom is -0.508 e. The Hall–Kier alpha value is -2.49. The molecule has 3 N–H and O–H groups in total. The van der Waals surface area contributed by atoms with Crippen LogP contribution in [0, 0.1) is 6.92 Å². The molecule has 96 valence electrons. The monoisotopic (exact) mass is 253 g/mol. The van der Waals surface area contributed by atoms with Crippen LogP contribution in [-0.4, -0.2) is 15.1 Å². The van der Waals surface area contributed by atoms with Crippen molar-refractivity contribution in [2.24, 2.45) is 0 Å². The molecule has 4 heteroatoms. The zero-order chi connectivity index (χ0) is 13.2. The molecule has 2 aromatic carbocycles. The number of phenols is 1. The summed E-state index contributed by atoms with van der Waals surface area (Å²) in [6.07, 6.45) is 0. The number of hydrogen-bond donors (Lipinski definition) is 3. The number of H-pyrrole nitrogens is 1. The lowest BCUT2D eigenvalue weighted by atomic mass is 10.2. The Morgan fingerprint density at radius 2 is 1.95 bits per heavy atom. The van der Waals surface area contributed by atoms with Crippen LogP contribution >= 0.6 is 0 Å². The number of aromatic nitrogens is 2. The van der Waals surface area contributed by atoms with Gasteiger partial charge in [0.1, 0.15) is 11.6 Å². The summed E-state index contributed by atoms with van der Waals surface area (Å²) in [5.41, 5.74) is 4.20. The third-order valence-electron chi connectivity index (χ3n) is 3.09. The average Bonchev–Trinajstić information content (AvgIpc) is 2.83. The molecule has 0 saturated carbocycles. The van der Waals surface area contributed by atoms with Gasteiger partial charge in [-0.2, -0.15) is 0 Å². The Labute approximate surface area is 111 Å². The van der Waals surface area contributed by atoms with Crippen molar-refractivity contribution in [2.75, 3.05) is 5.32 Å². The van der Waals surface area contributed by atoms with Gasteiger partial charge >= 0.3 is 0 Å². The normalized spacial score (nSPS) is 10.8. The highest BCUT2D eigenvalue weighted by Crippen LogP contribution is 2.17. The van der Waals surface area contributed by atoms with E-state index in [1.165, 1.54) is 5.56 Å². The number of benzene rings is 2. The van der Waals surface area contributed by atoms with Gasteiger partial charge in [0.05, 0.1) is 17.6 Å². The average molecular weight is 253 g/mol. The van der Waals surface area contributed by atoms with Crippen molar-refractivity contribution in [3.05, 3.63) is 53.9 Å². The van der Waals surface area contributed by atoms with Crippen LogP contribution in [0.25, 0.3) is 11.0 Å². The molecule has 0 atom stereocenters. The summed E-state index contributed by atoms with van der Waals surface area (Å²) in [7, 11) is 0. The van der Waals surface area contributed by atoms with E-state index in [1.54, 1.807) is 12.1 Å². The van der Waals surface area contributed by atoms with Crippen molar-refractivity contribution in [3.63, 3.8) is 0 Å². The second-order valence-corrected chi connectivity index (χ2v) is 4.56. The van der Waals surface area contributed by atoms with E-state index in [-0.39, 0.29) is 5.75 Å². The van der Waals surface area contributed by atoms with Crippen LogP contribution in [0.3, 0.4) is 0 Å². The number of aryl methyl sites for hydroxylation is 1. The van der Waals surface area contributed by atoms with Crippen LogP contribution in [0.5, 0.6) is 5.75 Å². The molecular weight excluding hydrogens is 238 g/mol. The number of phenolic OH excluding ortho intramolecular Hbond substituents is 1. The smallest absolute Gasteiger partial charge is 0.126 e. The van der Waals surface area contributed by atoms with Crippen molar-refractivity contribution in [2.45, 2.75) is 13.5 Å². The summed E-state index contributed by atoms with van der Waals surface area (Å²) in [6.45, 7) is 2.68. The molecule has 0 saturated heterocycles. The number of aromatic amines is 1. The van der Waals surface area contributed by atoms with E-state index in [0.29, 0.717) is 6.54 Å². The van der Waals surface area contributed by atoms with E-state index in [0.717, 1.165) is 22.5 Å². The van der Waals surface area contributed by atoms with E-state index in [1.807, 2.05) is 24.3 Å². The lowest BCUT2D eigenvalue weighted by Crippen LogP contribution is -2.00. The van der Waals surface area contributed by atoms with Crippen molar-refractivity contribution >= 4 is 16.7 Å². The van der Waals surface area contributed by atoms with Gasteiger partial charge < -0.3 is 15.4 Å². The summed E-state index contributed by atoms with van der Waals surface area (Å²) in [4.78, 5) is 7.87.